The summed E-state index contributed by atoms with van der Waals surface area (Å²) in [6.07, 6.45) is -0.0392. The van der Waals surface area contributed by atoms with Gasteiger partial charge in [-0.15, -0.1) is 0 Å². The third-order valence-corrected chi connectivity index (χ3v) is 4.07. The first-order valence-electron chi connectivity index (χ1n) is 7.28. The van der Waals surface area contributed by atoms with E-state index in [0.29, 0.717) is 26.8 Å². The number of carbonyl (C=O) groups is 1. The first-order chi connectivity index (χ1) is 11.4. The van der Waals surface area contributed by atoms with Crippen LogP contribution in [0.4, 0.5) is 4.39 Å². The highest BCUT2D eigenvalue weighted by atomic mass is 79.9. The van der Waals surface area contributed by atoms with Crippen molar-refractivity contribution in [1.82, 2.24) is 0 Å². The fraction of sp³-hybridized carbons (Fsp3) is 0.167. The smallest absolute Gasteiger partial charge is 0.340 e. The van der Waals surface area contributed by atoms with Crippen molar-refractivity contribution in [1.29, 1.82) is 0 Å². The van der Waals surface area contributed by atoms with Crippen LogP contribution in [0.2, 0.25) is 0 Å². The molecule has 0 spiro atoms. The van der Waals surface area contributed by atoms with E-state index in [1.165, 1.54) is 12.1 Å². The van der Waals surface area contributed by atoms with E-state index in [1.807, 2.05) is 13.8 Å². The van der Waals surface area contributed by atoms with E-state index in [0.717, 1.165) is 0 Å². The molecule has 0 aliphatic rings. The van der Waals surface area contributed by atoms with Crippen LogP contribution in [0.1, 0.15) is 24.2 Å². The minimum atomic E-state index is -1.14. The van der Waals surface area contributed by atoms with Crippen molar-refractivity contribution >= 4 is 32.9 Å². The first-order valence-corrected chi connectivity index (χ1v) is 8.08. The van der Waals surface area contributed by atoms with E-state index in [2.05, 4.69) is 15.9 Å². The summed E-state index contributed by atoms with van der Waals surface area (Å²) in [4.78, 5) is 11.8. The van der Waals surface area contributed by atoms with E-state index >= 15 is 0 Å². The maximum absolute atomic E-state index is 13.8. The topological polar surface area (TPSA) is 59.7 Å². The highest BCUT2D eigenvalue weighted by molar-refractivity contribution is 9.10. The second kappa shape index (κ2) is 6.28. The summed E-state index contributed by atoms with van der Waals surface area (Å²) >= 11 is 3.08. The molecule has 0 amide bonds. The van der Waals surface area contributed by atoms with Crippen molar-refractivity contribution in [2.75, 3.05) is 0 Å². The molecule has 124 valence electrons. The summed E-state index contributed by atoms with van der Waals surface area (Å²) in [6, 6.07) is 9.34. The Labute approximate surface area is 146 Å². The van der Waals surface area contributed by atoms with E-state index in [-0.39, 0.29) is 17.4 Å². The lowest BCUT2D eigenvalue weighted by Gasteiger charge is -2.09. The van der Waals surface area contributed by atoms with Crippen molar-refractivity contribution in [2.45, 2.75) is 20.0 Å². The van der Waals surface area contributed by atoms with Crippen molar-refractivity contribution in [3.8, 4) is 17.1 Å². The number of fused-ring (bicyclic) bond motifs is 1. The van der Waals surface area contributed by atoms with Crippen LogP contribution in [-0.4, -0.2) is 17.2 Å². The number of benzene rings is 2. The summed E-state index contributed by atoms with van der Waals surface area (Å²) in [6.45, 7) is 3.77. The summed E-state index contributed by atoms with van der Waals surface area (Å²) in [7, 11) is 0. The van der Waals surface area contributed by atoms with E-state index < -0.39 is 11.8 Å². The van der Waals surface area contributed by atoms with Crippen LogP contribution in [0, 0.1) is 5.82 Å². The summed E-state index contributed by atoms with van der Waals surface area (Å²) in [5.41, 5.74) is 0.749. The van der Waals surface area contributed by atoms with Crippen LogP contribution in [0.3, 0.4) is 0 Å². The molecule has 1 aromatic heterocycles. The number of carboxylic acids is 1. The molecule has 1 heterocycles. The third kappa shape index (κ3) is 3.01. The molecule has 0 aliphatic heterocycles. The molecule has 4 nitrogen and oxygen atoms in total. The molecule has 3 aromatic rings. The summed E-state index contributed by atoms with van der Waals surface area (Å²) in [5.74, 6) is -0.971. The fourth-order valence-corrected chi connectivity index (χ4v) is 2.72. The van der Waals surface area contributed by atoms with Gasteiger partial charge in [-0.25, -0.2) is 9.18 Å². The lowest BCUT2D eigenvalue weighted by Crippen LogP contribution is -2.05. The van der Waals surface area contributed by atoms with Gasteiger partial charge in [-0.2, -0.15) is 0 Å². The quantitative estimate of drug-likeness (QED) is 0.637. The SMILES string of the molecule is CC(C)Oc1ccc2oc(-c3ccc(Br)c(F)c3)c(C(=O)O)c2c1. The maximum atomic E-state index is 13.8. The number of halogens is 2. The molecule has 0 saturated heterocycles. The number of rotatable bonds is 4. The number of carboxylic acid groups (broad SMARTS) is 1. The van der Waals surface area contributed by atoms with E-state index in [9.17, 15) is 14.3 Å². The number of hydrogen-bond donors (Lipinski definition) is 1. The van der Waals surface area contributed by atoms with Gasteiger partial charge in [0.2, 0.25) is 0 Å². The number of aromatic carboxylic acids is 1. The molecule has 0 unspecified atom stereocenters. The van der Waals surface area contributed by atoms with Crippen LogP contribution >= 0.6 is 15.9 Å². The molecule has 0 fully saturated rings. The zero-order chi connectivity index (χ0) is 17.4. The molecular weight excluding hydrogens is 379 g/mol. The van der Waals surface area contributed by atoms with Gasteiger partial charge in [0.1, 0.15) is 28.5 Å². The van der Waals surface area contributed by atoms with Crippen LogP contribution in [-0.2, 0) is 0 Å². The minimum absolute atomic E-state index is 0.0130. The second-order valence-corrected chi connectivity index (χ2v) is 6.42. The standard InChI is InChI=1S/C18H14BrFO4/c1-9(2)23-11-4-6-15-12(8-11)16(18(21)22)17(24-15)10-3-5-13(19)14(20)7-10/h3-9H,1-2H3,(H,21,22). The average molecular weight is 393 g/mol. The molecule has 1 N–H and O–H groups in total. The Hall–Kier alpha value is -2.34. The van der Waals surface area contributed by atoms with Crippen LogP contribution in [0.5, 0.6) is 5.75 Å². The minimum Gasteiger partial charge on any atom is -0.491 e. The van der Waals surface area contributed by atoms with Gasteiger partial charge in [0, 0.05) is 10.9 Å². The Morgan fingerprint density at radius 1 is 1.25 bits per heavy atom. The van der Waals surface area contributed by atoms with Gasteiger partial charge in [0.15, 0.2) is 0 Å². The zero-order valence-electron chi connectivity index (χ0n) is 13.0. The van der Waals surface area contributed by atoms with Gasteiger partial charge >= 0.3 is 5.97 Å². The van der Waals surface area contributed by atoms with Crippen molar-refractivity contribution < 1.29 is 23.4 Å². The molecule has 0 atom stereocenters. The molecule has 0 radical (unpaired) electrons. The predicted molar refractivity (Wildman–Crippen MR) is 92.0 cm³/mol. The van der Waals surface area contributed by atoms with Gasteiger partial charge in [-0.05, 0) is 66.2 Å². The molecule has 3 rings (SSSR count). The first kappa shape index (κ1) is 16.5. The van der Waals surface area contributed by atoms with Crippen LogP contribution < -0.4 is 4.74 Å². The molecule has 0 saturated carbocycles. The van der Waals surface area contributed by atoms with E-state index in [1.54, 1.807) is 24.3 Å². The number of ether oxygens (including phenoxy) is 1. The molecule has 24 heavy (non-hydrogen) atoms. The van der Waals surface area contributed by atoms with E-state index in [4.69, 9.17) is 9.15 Å². The normalized spacial score (nSPS) is 11.2. The fourth-order valence-electron chi connectivity index (χ4n) is 2.48. The molecule has 0 aliphatic carbocycles. The van der Waals surface area contributed by atoms with Gasteiger partial charge in [0.25, 0.3) is 0 Å². The predicted octanol–water partition coefficient (Wildman–Crippen LogP) is 5.49. The Morgan fingerprint density at radius 2 is 2.00 bits per heavy atom. The number of furan rings is 1. The maximum Gasteiger partial charge on any atom is 0.340 e. The Morgan fingerprint density at radius 3 is 2.62 bits per heavy atom. The van der Waals surface area contributed by atoms with Crippen molar-refractivity contribution in [3.05, 3.63) is 52.3 Å². The Bertz CT molecular complexity index is 930. The van der Waals surface area contributed by atoms with Gasteiger partial charge in [-0.1, -0.05) is 0 Å². The largest absolute Gasteiger partial charge is 0.491 e. The zero-order valence-corrected chi connectivity index (χ0v) is 14.6. The molecule has 2 aromatic carbocycles. The molecule has 0 bridgehead atoms. The van der Waals surface area contributed by atoms with Crippen LogP contribution in [0.15, 0.2) is 45.3 Å². The summed E-state index contributed by atoms with van der Waals surface area (Å²) in [5, 5.41) is 10.0. The van der Waals surface area contributed by atoms with Gasteiger partial charge in [0.05, 0.1) is 10.6 Å². The van der Waals surface area contributed by atoms with Gasteiger partial charge < -0.3 is 14.3 Å². The Balaban J connectivity index is 2.22. The monoisotopic (exact) mass is 392 g/mol. The van der Waals surface area contributed by atoms with Crippen molar-refractivity contribution in [3.63, 3.8) is 0 Å². The molecule has 6 heteroatoms. The highest BCUT2D eigenvalue weighted by Crippen LogP contribution is 2.36. The second-order valence-electron chi connectivity index (χ2n) is 5.56. The van der Waals surface area contributed by atoms with Gasteiger partial charge in [-0.3, -0.25) is 0 Å². The average Bonchev–Trinajstić information content (AvgIpc) is 2.88. The Kier molecular flexibility index (Phi) is 4.32. The molecular formula is C18H14BrFO4. The third-order valence-electron chi connectivity index (χ3n) is 3.43. The van der Waals surface area contributed by atoms with Crippen molar-refractivity contribution in [2.24, 2.45) is 0 Å². The lowest BCUT2D eigenvalue weighted by molar-refractivity contribution is 0.0699. The highest BCUT2D eigenvalue weighted by Gasteiger charge is 2.23. The lowest BCUT2D eigenvalue weighted by atomic mass is 10.1. The van der Waals surface area contributed by atoms with Crippen LogP contribution in [0.25, 0.3) is 22.3 Å². The summed E-state index contributed by atoms with van der Waals surface area (Å²) < 4.78 is 25.4. The number of hydrogen-bond acceptors (Lipinski definition) is 3.